The first-order valence-corrected chi connectivity index (χ1v) is 5.41. The van der Waals surface area contributed by atoms with Crippen LogP contribution in [0.3, 0.4) is 0 Å². The van der Waals surface area contributed by atoms with Crippen molar-refractivity contribution in [1.29, 1.82) is 0 Å². The maximum atomic E-state index is 12.1. The van der Waals surface area contributed by atoms with E-state index in [1.54, 1.807) is 18.2 Å². The third kappa shape index (κ3) is 3.16. The number of aromatic nitrogens is 2. The van der Waals surface area contributed by atoms with Crippen LogP contribution in [-0.4, -0.2) is 21.3 Å². The minimum Gasteiger partial charge on any atom is -0.388 e. The van der Waals surface area contributed by atoms with Gasteiger partial charge < -0.3 is 5.11 Å². The third-order valence-electron chi connectivity index (χ3n) is 2.58. The number of hydrogen-bond acceptors (Lipinski definition) is 3. The van der Waals surface area contributed by atoms with Gasteiger partial charge in [0.05, 0.1) is 17.1 Å². The quantitative estimate of drug-likeness (QED) is 0.918. The predicted molar refractivity (Wildman–Crippen MR) is 59.8 cm³/mol. The summed E-state index contributed by atoms with van der Waals surface area (Å²) in [6.45, 7) is 0. The highest BCUT2D eigenvalue weighted by Crippen LogP contribution is 2.28. The van der Waals surface area contributed by atoms with Crippen LogP contribution in [0.2, 0.25) is 0 Å². The molecule has 1 unspecified atom stereocenters. The van der Waals surface area contributed by atoms with Gasteiger partial charge in [0.1, 0.15) is 0 Å². The summed E-state index contributed by atoms with van der Waals surface area (Å²) in [4.78, 5) is 8.08. The molecule has 0 aliphatic heterocycles. The second kappa shape index (κ2) is 4.89. The molecule has 0 aliphatic carbocycles. The molecule has 18 heavy (non-hydrogen) atoms. The number of benzene rings is 1. The van der Waals surface area contributed by atoms with Crippen molar-refractivity contribution < 1.29 is 18.3 Å². The fraction of sp³-hybridized carbons (Fsp3) is 0.333. The number of nitrogens with zero attached hydrogens (tertiary/aromatic N) is 2. The predicted octanol–water partition coefficient (Wildman–Crippen LogP) is 3.01. The van der Waals surface area contributed by atoms with Gasteiger partial charge in [-0.1, -0.05) is 6.07 Å². The molecule has 1 aromatic heterocycles. The van der Waals surface area contributed by atoms with Crippen LogP contribution in [0.1, 0.15) is 24.5 Å². The molecule has 0 bridgehead atoms. The van der Waals surface area contributed by atoms with Gasteiger partial charge in [-0.15, -0.1) is 0 Å². The first-order valence-electron chi connectivity index (χ1n) is 5.41. The zero-order chi connectivity index (χ0) is 13.2. The van der Waals surface area contributed by atoms with Crippen molar-refractivity contribution in [3.05, 3.63) is 36.2 Å². The number of aliphatic hydroxyl groups is 1. The Morgan fingerprint density at radius 2 is 1.78 bits per heavy atom. The summed E-state index contributed by atoms with van der Waals surface area (Å²) in [5.74, 6) is 0. The van der Waals surface area contributed by atoms with Gasteiger partial charge in [0.25, 0.3) is 0 Å². The molecule has 1 aromatic carbocycles. The van der Waals surface area contributed by atoms with Crippen molar-refractivity contribution >= 4 is 11.0 Å². The average Bonchev–Trinajstić information content (AvgIpc) is 2.34. The van der Waals surface area contributed by atoms with Gasteiger partial charge in [-0.2, -0.15) is 13.2 Å². The normalized spacial score (nSPS) is 13.8. The van der Waals surface area contributed by atoms with E-state index in [1.165, 1.54) is 12.4 Å². The molecule has 96 valence electrons. The number of halogens is 3. The average molecular weight is 256 g/mol. The van der Waals surface area contributed by atoms with Crippen LogP contribution < -0.4 is 0 Å². The Bertz CT molecular complexity index is 542. The molecular weight excluding hydrogens is 245 g/mol. The zero-order valence-corrected chi connectivity index (χ0v) is 9.35. The Hall–Kier alpha value is -1.69. The van der Waals surface area contributed by atoms with Crippen LogP contribution in [0, 0.1) is 0 Å². The topological polar surface area (TPSA) is 46.0 Å². The molecule has 2 aromatic rings. The fourth-order valence-corrected chi connectivity index (χ4v) is 1.65. The highest BCUT2D eigenvalue weighted by Gasteiger charge is 2.28. The number of alkyl halides is 3. The highest BCUT2D eigenvalue weighted by molar-refractivity contribution is 5.74. The summed E-state index contributed by atoms with van der Waals surface area (Å²) in [6.07, 6.45) is -3.73. The third-order valence-corrected chi connectivity index (χ3v) is 2.58. The Balaban J connectivity index is 2.15. The summed E-state index contributed by atoms with van der Waals surface area (Å²) in [6, 6.07) is 4.76. The molecule has 1 N–H and O–H groups in total. The van der Waals surface area contributed by atoms with Crippen LogP contribution in [0.5, 0.6) is 0 Å². The van der Waals surface area contributed by atoms with Gasteiger partial charge in [0.15, 0.2) is 0 Å². The minimum atomic E-state index is -4.25. The maximum absolute atomic E-state index is 12.1. The largest absolute Gasteiger partial charge is 0.389 e. The summed E-state index contributed by atoms with van der Waals surface area (Å²) >= 11 is 0. The lowest BCUT2D eigenvalue weighted by molar-refractivity contribution is -0.140. The molecule has 0 aliphatic rings. The molecule has 1 heterocycles. The van der Waals surface area contributed by atoms with Gasteiger partial charge in [-0.3, -0.25) is 9.97 Å². The summed E-state index contributed by atoms with van der Waals surface area (Å²) < 4.78 is 36.2. The summed E-state index contributed by atoms with van der Waals surface area (Å²) in [7, 11) is 0. The lowest BCUT2D eigenvalue weighted by atomic mass is 10.0. The zero-order valence-electron chi connectivity index (χ0n) is 9.35. The smallest absolute Gasteiger partial charge is 0.388 e. The van der Waals surface area contributed by atoms with Crippen molar-refractivity contribution in [1.82, 2.24) is 9.97 Å². The molecule has 0 radical (unpaired) electrons. The first kappa shape index (κ1) is 12.8. The minimum absolute atomic E-state index is 0.352. The Labute approximate surface area is 101 Å². The van der Waals surface area contributed by atoms with Crippen molar-refractivity contribution in [2.75, 3.05) is 0 Å². The van der Waals surface area contributed by atoms with Crippen molar-refractivity contribution in [2.45, 2.75) is 25.1 Å². The molecule has 0 spiro atoms. The lowest BCUT2D eigenvalue weighted by Gasteiger charge is -2.12. The van der Waals surface area contributed by atoms with E-state index < -0.39 is 18.7 Å². The molecule has 1 atom stereocenters. The fourth-order valence-electron chi connectivity index (χ4n) is 1.65. The second-order valence-corrected chi connectivity index (χ2v) is 3.97. The van der Waals surface area contributed by atoms with E-state index in [0.29, 0.717) is 16.6 Å². The van der Waals surface area contributed by atoms with Gasteiger partial charge in [-0.05, 0) is 24.1 Å². The standard InChI is InChI=1S/C12H11F3N2O/c13-12(14,15)4-3-11(18)8-1-2-9-10(7-8)17-6-5-16-9/h1-2,5-7,11,18H,3-4H2. The molecule has 0 saturated carbocycles. The first-order chi connectivity index (χ1) is 8.46. The van der Waals surface area contributed by atoms with Gasteiger partial charge in [0.2, 0.25) is 0 Å². The van der Waals surface area contributed by atoms with Crippen LogP contribution >= 0.6 is 0 Å². The number of rotatable bonds is 3. The van der Waals surface area contributed by atoms with E-state index in [-0.39, 0.29) is 6.42 Å². The van der Waals surface area contributed by atoms with Crippen molar-refractivity contribution in [2.24, 2.45) is 0 Å². The Kier molecular flexibility index (Phi) is 3.47. The summed E-state index contributed by atoms with van der Waals surface area (Å²) in [5, 5.41) is 9.70. The Morgan fingerprint density at radius 1 is 1.11 bits per heavy atom. The van der Waals surface area contributed by atoms with E-state index in [0.717, 1.165) is 0 Å². The van der Waals surface area contributed by atoms with E-state index >= 15 is 0 Å². The van der Waals surface area contributed by atoms with Crippen molar-refractivity contribution in [3.63, 3.8) is 0 Å². The van der Waals surface area contributed by atoms with E-state index in [9.17, 15) is 18.3 Å². The van der Waals surface area contributed by atoms with E-state index in [4.69, 9.17) is 0 Å². The summed E-state index contributed by atoms with van der Waals surface area (Å²) in [5.41, 5.74) is 1.62. The van der Waals surface area contributed by atoms with Gasteiger partial charge in [-0.25, -0.2) is 0 Å². The second-order valence-electron chi connectivity index (χ2n) is 3.97. The molecule has 0 amide bonds. The molecule has 0 saturated heterocycles. The maximum Gasteiger partial charge on any atom is 0.389 e. The number of fused-ring (bicyclic) bond motifs is 1. The van der Waals surface area contributed by atoms with Gasteiger partial charge in [0, 0.05) is 18.8 Å². The molecule has 6 heteroatoms. The molecule has 0 fully saturated rings. The number of hydrogen-bond donors (Lipinski definition) is 1. The molecule has 2 rings (SSSR count). The molecule has 3 nitrogen and oxygen atoms in total. The number of aliphatic hydroxyl groups excluding tert-OH is 1. The monoisotopic (exact) mass is 256 g/mol. The van der Waals surface area contributed by atoms with Crippen LogP contribution in [0.4, 0.5) is 13.2 Å². The Morgan fingerprint density at radius 3 is 2.44 bits per heavy atom. The van der Waals surface area contributed by atoms with E-state index in [1.807, 2.05) is 0 Å². The van der Waals surface area contributed by atoms with Gasteiger partial charge >= 0.3 is 6.18 Å². The SMILES string of the molecule is OC(CCC(F)(F)F)c1ccc2nccnc2c1. The van der Waals surface area contributed by atoms with Crippen molar-refractivity contribution in [3.8, 4) is 0 Å². The molecular formula is C12H11F3N2O. The van der Waals surface area contributed by atoms with E-state index in [2.05, 4.69) is 9.97 Å². The van der Waals surface area contributed by atoms with Crippen LogP contribution in [-0.2, 0) is 0 Å². The van der Waals surface area contributed by atoms with Crippen LogP contribution in [0.15, 0.2) is 30.6 Å². The van der Waals surface area contributed by atoms with Crippen LogP contribution in [0.25, 0.3) is 11.0 Å². The highest BCUT2D eigenvalue weighted by atomic mass is 19.4. The lowest BCUT2D eigenvalue weighted by Crippen LogP contribution is -2.10.